The zero-order chi connectivity index (χ0) is 23.5. The normalized spacial score (nSPS) is 14.4. The van der Waals surface area contributed by atoms with Crippen molar-refractivity contribution in [3.63, 3.8) is 0 Å². The van der Waals surface area contributed by atoms with E-state index in [1.165, 1.54) is 27.7 Å². The molecule has 1 amide bonds. The number of hydrogen-bond donors (Lipinski definition) is 1. The highest BCUT2D eigenvalue weighted by molar-refractivity contribution is 7.14. The van der Waals surface area contributed by atoms with Gasteiger partial charge in [-0.3, -0.25) is 10.2 Å². The Kier molecular flexibility index (Phi) is 6.02. The van der Waals surface area contributed by atoms with Crippen molar-refractivity contribution in [3.8, 4) is 22.8 Å². The van der Waals surface area contributed by atoms with E-state index in [0.29, 0.717) is 33.2 Å². The van der Waals surface area contributed by atoms with Gasteiger partial charge in [0.1, 0.15) is 17.2 Å². The molecular formula is C23H18N6O3S2. The van der Waals surface area contributed by atoms with Crippen LogP contribution in [0.25, 0.3) is 11.3 Å². The summed E-state index contributed by atoms with van der Waals surface area (Å²) in [7, 11) is 3.18. The summed E-state index contributed by atoms with van der Waals surface area (Å²) in [6.45, 7) is 0. The number of carbonyl (C=O) groups excluding carboxylic acids is 1. The SMILES string of the molecule is COc1cc(OC)cc(-c2csc(N3N=C(c4ccccc4)/C(=N/Nc4nccs4)C3=O)n2)c1. The van der Waals surface area contributed by atoms with Gasteiger partial charge in [-0.25, -0.2) is 9.97 Å². The van der Waals surface area contributed by atoms with E-state index in [-0.39, 0.29) is 11.6 Å². The third-order valence-electron chi connectivity index (χ3n) is 4.88. The zero-order valence-corrected chi connectivity index (χ0v) is 19.8. The van der Waals surface area contributed by atoms with Gasteiger partial charge >= 0.3 is 5.91 Å². The molecule has 3 heterocycles. The third-order valence-corrected chi connectivity index (χ3v) is 6.38. The van der Waals surface area contributed by atoms with Crippen molar-refractivity contribution in [2.45, 2.75) is 0 Å². The van der Waals surface area contributed by atoms with Crippen LogP contribution in [0.2, 0.25) is 0 Å². The Morgan fingerprint density at radius 1 is 1.00 bits per heavy atom. The van der Waals surface area contributed by atoms with Crippen LogP contribution in [0, 0.1) is 0 Å². The van der Waals surface area contributed by atoms with Crippen molar-refractivity contribution in [1.29, 1.82) is 0 Å². The standard InChI is InChI=1S/C23H18N6O3S2/c1-31-16-10-15(11-17(12-16)32-2)18-13-34-23(25-18)29-21(30)20(26-27-22-24-8-9-33-22)19(28-29)14-6-4-3-5-7-14/h3-13H,1-2H3,(H,24,27)/b26-20-. The van der Waals surface area contributed by atoms with Gasteiger partial charge in [0, 0.05) is 34.2 Å². The highest BCUT2D eigenvalue weighted by Gasteiger charge is 2.35. The van der Waals surface area contributed by atoms with Gasteiger partial charge in [-0.15, -0.1) is 22.7 Å². The smallest absolute Gasteiger partial charge is 0.303 e. The minimum Gasteiger partial charge on any atom is -0.497 e. The summed E-state index contributed by atoms with van der Waals surface area (Å²) >= 11 is 2.69. The minimum absolute atomic E-state index is 0.182. The van der Waals surface area contributed by atoms with Gasteiger partial charge < -0.3 is 9.47 Å². The van der Waals surface area contributed by atoms with E-state index in [0.717, 1.165) is 11.1 Å². The van der Waals surface area contributed by atoms with Crippen molar-refractivity contribution in [3.05, 3.63) is 71.1 Å². The number of benzene rings is 2. The number of hydrazone groups is 2. The van der Waals surface area contributed by atoms with Crippen LogP contribution in [-0.4, -0.2) is 41.5 Å². The van der Waals surface area contributed by atoms with E-state index in [1.807, 2.05) is 53.2 Å². The Morgan fingerprint density at radius 3 is 2.44 bits per heavy atom. The molecule has 0 bridgehead atoms. The van der Waals surface area contributed by atoms with Crippen LogP contribution in [0.15, 0.2) is 75.7 Å². The summed E-state index contributed by atoms with van der Waals surface area (Å²) in [6.07, 6.45) is 1.66. The monoisotopic (exact) mass is 490 g/mol. The van der Waals surface area contributed by atoms with Crippen LogP contribution in [0.1, 0.15) is 5.56 Å². The average molecular weight is 491 g/mol. The maximum absolute atomic E-state index is 13.3. The molecular weight excluding hydrogens is 472 g/mol. The molecule has 1 aliphatic heterocycles. The maximum Gasteiger partial charge on any atom is 0.303 e. The molecule has 0 atom stereocenters. The molecule has 4 aromatic rings. The topological polar surface area (TPSA) is 101 Å². The maximum atomic E-state index is 13.3. The summed E-state index contributed by atoms with van der Waals surface area (Å²) in [6, 6.07) is 14.9. The van der Waals surface area contributed by atoms with E-state index in [1.54, 1.807) is 26.5 Å². The van der Waals surface area contributed by atoms with E-state index in [2.05, 4.69) is 25.6 Å². The molecule has 34 heavy (non-hydrogen) atoms. The van der Waals surface area contributed by atoms with Crippen LogP contribution in [0.3, 0.4) is 0 Å². The minimum atomic E-state index is -0.382. The van der Waals surface area contributed by atoms with Gasteiger partial charge in [0.25, 0.3) is 0 Å². The summed E-state index contributed by atoms with van der Waals surface area (Å²) in [5, 5.41) is 14.9. The quantitative estimate of drug-likeness (QED) is 0.383. The Morgan fingerprint density at radius 2 is 1.76 bits per heavy atom. The van der Waals surface area contributed by atoms with E-state index in [9.17, 15) is 4.79 Å². The second kappa shape index (κ2) is 9.41. The van der Waals surface area contributed by atoms with Crippen LogP contribution < -0.4 is 19.9 Å². The van der Waals surface area contributed by atoms with Gasteiger partial charge in [-0.1, -0.05) is 30.3 Å². The van der Waals surface area contributed by atoms with Crippen molar-refractivity contribution < 1.29 is 14.3 Å². The summed E-state index contributed by atoms with van der Waals surface area (Å²) < 4.78 is 10.7. The second-order valence-corrected chi connectivity index (χ2v) is 8.69. The molecule has 5 rings (SSSR count). The molecule has 9 nitrogen and oxygen atoms in total. The number of aromatic nitrogens is 2. The summed E-state index contributed by atoms with van der Waals surface area (Å²) in [5.74, 6) is 0.911. The molecule has 0 fully saturated rings. The van der Waals surface area contributed by atoms with Crippen molar-refractivity contribution in [2.24, 2.45) is 10.2 Å². The van der Waals surface area contributed by atoms with E-state index < -0.39 is 0 Å². The molecule has 2 aromatic carbocycles. The molecule has 1 aliphatic rings. The van der Waals surface area contributed by atoms with Crippen molar-refractivity contribution in [2.75, 3.05) is 24.7 Å². The lowest BCUT2D eigenvalue weighted by molar-refractivity contribution is -0.112. The molecule has 170 valence electrons. The molecule has 2 aromatic heterocycles. The number of nitrogens with one attached hydrogen (secondary N) is 1. The molecule has 0 spiro atoms. The highest BCUT2D eigenvalue weighted by Crippen LogP contribution is 2.34. The van der Waals surface area contributed by atoms with Crippen LogP contribution in [0.4, 0.5) is 10.3 Å². The number of carbonyl (C=O) groups is 1. The largest absolute Gasteiger partial charge is 0.497 e. The number of amides is 1. The van der Waals surface area contributed by atoms with Crippen molar-refractivity contribution in [1.82, 2.24) is 9.97 Å². The lowest BCUT2D eigenvalue weighted by Crippen LogP contribution is -2.28. The predicted octanol–water partition coefficient (Wildman–Crippen LogP) is 4.50. The third kappa shape index (κ3) is 4.26. The molecule has 0 unspecified atom stereocenters. The zero-order valence-electron chi connectivity index (χ0n) is 18.1. The molecule has 11 heteroatoms. The van der Waals surface area contributed by atoms with Gasteiger partial charge in [0.05, 0.1) is 19.9 Å². The first-order chi connectivity index (χ1) is 16.7. The van der Waals surface area contributed by atoms with E-state index >= 15 is 0 Å². The summed E-state index contributed by atoms with van der Waals surface area (Å²) in [4.78, 5) is 22.1. The number of ether oxygens (including phenoxy) is 2. The number of anilines is 2. The van der Waals surface area contributed by atoms with Gasteiger partial charge in [0.2, 0.25) is 10.3 Å². The first-order valence-corrected chi connectivity index (χ1v) is 11.8. The Bertz CT molecular complexity index is 1360. The highest BCUT2D eigenvalue weighted by atomic mass is 32.1. The summed E-state index contributed by atoms with van der Waals surface area (Å²) in [5.41, 5.74) is 5.73. The molecule has 0 aliphatic carbocycles. The Balaban J connectivity index is 1.50. The molecule has 1 N–H and O–H groups in total. The van der Waals surface area contributed by atoms with Gasteiger partial charge in [0.15, 0.2) is 5.71 Å². The Labute approximate surface area is 203 Å². The molecule has 0 saturated carbocycles. The number of rotatable bonds is 7. The fraction of sp³-hybridized carbons (Fsp3) is 0.0870. The first kappa shape index (κ1) is 21.7. The molecule has 0 radical (unpaired) electrons. The fourth-order valence-electron chi connectivity index (χ4n) is 3.25. The van der Waals surface area contributed by atoms with E-state index in [4.69, 9.17) is 9.47 Å². The number of nitrogens with zero attached hydrogens (tertiary/aromatic N) is 5. The van der Waals surface area contributed by atoms with Gasteiger partial charge in [-0.2, -0.15) is 15.2 Å². The first-order valence-electron chi connectivity index (χ1n) is 10.1. The van der Waals surface area contributed by atoms with Crippen LogP contribution in [0.5, 0.6) is 11.5 Å². The van der Waals surface area contributed by atoms with Crippen LogP contribution in [-0.2, 0) is 4.79 Å². The lowest BCUT2D eigenvalue weighted by atomic mass is 10.1. The predicted molar refractivity (Wildman–Crippen MR) is 134 cm³/mol. The number of thiazole rings is 2. The second-order valence-electron chi connectivity index (χ2n) is 6.96. The fourth-order valence-corrected chi connectivity index (χ4v) is 4.50. The number of methoxy groups -OCH3 is 2. The lowest BCUT2D eigenvalue weighted by Gasteiger charge is -2.08. The average Bonchev–Trinajstić information content (AvgIpc) is 3.63. The van der Waals surface area contributed by atoms with Gasteiger partial charge in [-0.05, 0) is 12.1 Å². The van der Waals surface area contributed by atoms with Crippen molar-refractivity contribution >= 4 is 50.3 Å². The Hall–Kier alpha value is -4.09. The van der Waals surface area contributed by atoms with Crippen LogP contribution >= 0.6 is 22.7 Å². The number of hydrogen-bond acceptors (Lipinski definition) is 10. The molecule has 0 saturated heterocycles.